The van der Waals surface area contributed by atoms with E-state index in [1.807, 2.05) is 36.5 Å². The second kappa shape index (κ2) is 14.1. The molecule has 0 radical (unpaired) electrons. The lowest BCUT2D eigenvalue weighted by Gasteiger charge is -2.28. The number of methoxy groups -OCH3 is 1. The summed E-state index contributed by atoms with van der Waals surface area (Å²) < 4.78 is 18.6. The highest BCUT2D eigenvalue weighted by molar-refractivity contribution is 6.00. The Morgan fingerprint density at radius 3 is 2.56 bits per heavy atom. The van der Waals surface area contributed by atoms with Crippen molar-refractivity contribution >= 4 is 45.8 Å². The first-order valence-electron chi connectivity index (χ1n) is 15.5. The number of esters is 1. The number of fused-ring (bicyclic) bond motifs is 2. The predicted molar refractivity (Wildman–Crippen MR) is 183 cm³/mol. The molecular weight excluding hydrogens is 610 g/mol. The van der Waals surface area contributed by atoms with Crippen molar-refractivity contribution in [1.29, 1.82) is 0 Å². The van der Waals surface area contributed by atoms with Crippen LogP contribution in [0.25, 0.3) is 21.7 Å². The molecule has 5 aromatic rings. The third-order valence-electron chi connectivity index (χ3n) is 8.08. The van der Waals surface area contributed by atoms with Crippen LogP contribution in [-0.4, -0.2) is 49.0 Å². The highest BCUT2D eigenvalue weighted by Crippen LogP contribution is 2.34. The molecule has 11 heteroatoms. The quantitative estimate of drug-likeness (QED) is 0.0978. The maximum Gasteiger partial charge on any atom is 0.338 e. The Morgan fingerprint density at radius 2 is 1.75 bits per heavy atom. The van der Waals surface area contributed by atoms with Crippen molar-refractivity contribution in [3.8, 4) is 11.5 Å². The Kier molecular flexibility index (Phi) is 9.38. The molecule has 2 heterocycles. The molecule has 1 aromatic heterocycles. The smallest absolute Gasteiger partial charge is 0.338 e. The third-order valence-corrected chi connectivity index (χ3v) is 8.08. The van der Waals surface area contributed by atoms with Crippen LogP contribution in [0, 0.1) is 0 Å². The van der Waals surface area contributed by atoms with E-state index in [4.69, 9.17) is 14.2 Å². The maximum atomic E-state index is 12.7. The molecule has 1 aliphatic rings. The number of hydrogen-bond acceptors (Lipinski definition) is 7. The molecule has 3 amide bonds. The van der Waals surface area contributed by atoms with Crippen LogP contribution >= 0.6 is 0 Å². The van der Waals surface area contributed by atoms with Gasteiger partial charge in [-0.1, -0.05) is 66.7 Å². The predicted octanol–water partition coefficient (Wildman–Crippen LogP) is 5.57. The number of amides is 3. The second-order valence-corrected chi connectivity index (χ2v) is 11.2. The molecular formula is C37H35N5O6. The maximum absolute atomic E-state index is 12.7. The molecule has 11 nitrogen and oxygen atoms in total. The number of nitrogens with one attached hydrogen (secondary N) is 3. The van der Waals surface area contributed by atoms with Gasteiger partial charge in [0.15, 0.2) is 18.1 Å². The zero-order valence-corrected chi connectivity index (χ0v) is 26.8. The number of benzene rings is 4. The van der Waals surface area contributed by atoms with Gasteiger partial charge in [-0.05, 0) is 53.9 Å². The van der Waals surface area contributed by atoms with Crippen molar-refractivity contribution in [2.24, 2.45) is 5.10 Å². The fourth-order valence-electron chi connectivity index (χ4n) is 5.88. The molecule has 0 unspecified atom stereocenters. The monoisotopic (exact) mass is 645 g/mol. The minimum atomic E-state index is -0.767. The molecule has 1 atom stereocenters. The van der Waals surface area contributed by atoms with Gasteiger partial charge >= 0.3 is 12.0 Å². The molecule has 3 N–H and O–H groups in total. The summed E-state index contributed by atoms with van der Waals surface area (Å²) in [6.07, 6.45) is 3.65. The number of allylic oxidation sites excluding steroid dienone is 1. The summed E-state index contributed by atoms with van der Waals surface area (Å²) in [4.78, 5) is 37.6. The number of carbonyl (C=O) groups excluding carboxylic acids is 3. The Labute approximate surface area is 277 Å². The number of aromatic nitrogens is 1. The van der Waals surface area contributed by atoms with Gasteiger partial charge < -0.3 is 29.4 Å². The molecule has 244 valence electrons. The highest BCUT2D eigenvalue weighted by Gasteiger charge is 2.32. The van der Waals surface area contributed by atoms with E-state index in [0.717, 1.165) is 16.5 Å². The van der Waals surface area contributed by atoms with Gasteiger partial charge in [-0.2, -0.15) is 5.10 Å². The molecule has 0 saturated heterocycles. The normalized spacial score (nSPS) is 14.6. The Bertz CT molecular complexity index is 2080. The van der Waals surface area contributed by atoms with Gasteiger partial charge in [-0.3, -0.25) is 4.79 Å². The number of rotatable bonds is 11. The topological polar surface area (TPSA) is 132 Å². The van der Waals surface area contributed by atoms with Crippen molar-refractivity contribution in [2.75, 3.05) is 20.3 Å². The van der Waals surface area contributed by atoms with Gasteiger partial charge in [-0.15, -0.1) is 0 Å². The molecule has 0 fully saturated rings. The molecule has 6 rings (SSSR count). The number of para-hydroxylation sites is 1. The SMILES string of the molecule is CCOC(=O)C1=C(C)NC(=O)N[C@H]1c1ccc(OCC(=O)N/N=C/c2cn(Cc3cccc4ccccc34)c3ccccc23)c(OC)c1. The molecule has 0 bridgehead atoms. The van der Waals surface area contributed by atoms with Crippen LogP contribution in [0.3, 0.4) is 0 Å². The van der Waals surface area contributed by atoms with Crippen LogP contribution in [0.4, 0.5) is 4.79 Å². The molecule has 48 heavy (non-hydrogen) atoms. The summed E-state index contributed by atoms with van der Waals surface area (Å²) in [5, 5.41) is 13.0. The first kappa shape index (κ1) is 31.9. The van der Waals surface area contributed by atoms with Crippen LogP contribution < -0.4 is 25.5 Å². The average Bonchev–Trinajstić information content (AvgIpc) is 3.44. The summed E-state index contributed by atoms with van der Waals surface area (Å²) in [5.41, 5.74) is 6.91. The summed E-state index contributed by atoms with van der Waals surface area (Å²) in [7, 11) is 1.46. The van der Waals surface area contributed by atoms with Gasteiger partial charge in [0, 0.05) is 34.9 Å². The van der Waals surface area contributed by atoms with E-state index in [9.17, 15) is 14.4 Å². The van der Waals surface area contributed by atoms with Gasteiger partial charge in [-0.25, -0.2) is 15.0 Å². The Hall–Kier alpha value is -6.10. The van der Waals surface area contributed by atoms with Crippen molar-refractivity contribution in [3.63, 3.8) is 0 Å². The van der Waals surface area contributed by atoms with Gasteiger partial charge in [0.2, 0.25) is 0 Å². The van der Waals surface area contributed by atoms with Crippen LogP contribution in [0.15, 0.2) is 107 Å². The minimum absolute atomic E-state index is 0.188. The highest BCUT2D eigenvalue weighted by atomic mass is 16.5. The van der Waals surface area contributed by atoms with Crippen molar-refractivity contribution < 1.29 is 28.6 Å². The van der Waals surface area contributed by atoms with Crippen LogP contribution in [-0.2, 0) is 20.9 Å². The van der Waals surface area contributed by atoms with Crippen molar-refractivity contribution in [2.45, 2.75) is 26.4 Å². The number of ether oxygens (including phenoxy) is 3. The number of carbonyl (C=O) groups is 3. The lowest BCUT2D eigenvalue weighted by Crippen LogP contribution is -2.45. The lowest BCUT2D eigenvalue weighted by molar-refractivity contribution is -0.139. The summed E-state index contributed by atoms with van der Waals surface area (Å²) in [6.45, 7) is 3.89. The van der Waals surface area contributed by atoms with E-state index < -0.39 is 23.9 Å². The number of hydrazone groups is 1. The van der Waals surface area contributed by atoms with Crippen LogP contribution in [0.2, 0.25) is 0 Å². The van der Waals surface area contributed by atoms with E-state index in [-0.39, 0.29) is 18.8 Å². The van der Waals surface area contributed by atoms with E-state index in [2.05, 4.69) is 62.1 Å². The average molecular weight is 646 g/mol. The summed E-state index contributed by atoms with van der Waals surface area (Å²) >= 11 is 0. The molecule has 1 aliphatic heterocycles. The minimum Gasteiger partial charge on any atom is -0.493 e. The second-order valence-electron chi connectivity index (χ2n) is 11.2. The molecule has 0 aliphatic carbocycles. The number of nitrogens with zero attached hydrogens (tertiary/aromatic N) is 2. The zero-order valence-electron chi connectivity index (χ0n) is 26.8. The fraction of sp³-hybridized carbons (Fsp3) is 0.189. The molecule has 0 spiro atoms. The van der Waals surface area contributed by atoms with E-state index in [0.29, 0.717) is 29.3 Å². The number of urea groups is 1. The summed E-state index contributed by atoms with van der Waals surface area (Å²) in [5.74, 6) is -0.393. The Morgan fingerprint density at radius 1 is 0.979 bits per heavy atom. The standard InChI is InChI=1S/C37H35N5O6/c1-4-47-36(44)34-23(2)39-37(45)40-35(34)25-16-17-31(32(18-25)46-3)48-22-33(43)41-38-19-27-21-42(30-15-8-7-14-29(27)30)20-26-12-9-11-24-10-5-6-13-28(24)26/h5-19,21,35H,4,20,22H2,1-3H3,(H,41,43)(H2,39,40,45)/b38-19+/t35-/m0/s1. The van der Waals surface area contributed by atoms with Crippen LogP contribution in [0.1, 0.15) is 36.6 Å². The summed E-state index contributed by atoms with van der Waals surface area (Å²) in [6, 6.07) is 26.4. The number of hydrogen-bond donors (Lipinski definition) is 3. The fourth-order valence-corrected chi connectivity index (χ4v) is 5.88. The van der Waals surface area contributed by atoms with Gasteiger partial charge in [0.25, 0.3) is 5.91 Å². The lowest BCUT2D eigenvalue weighted by atomic mass is 9.95. The zero-order chi connectivity index (χ0) is 33.6. The molecule has 4 aromatic carbocycles. The van der Waals surface area contributed by atoms with Crippen molar-refractivity contribution in [3.05, 3.63) is 119 Å². The van der Waals surface area contributed by atoms with Crippen LogP contribution in [0.5, 0.6) is 11.5 Å². The van der Waals surface area contributed by atoms with E-state index in [1.54, 1.807) is 38.3 Å². The third kappa shape index (κ3) is 6.70. The van der Waals surface area contributed by atoms with E-state index >= 15 is 0 Å². The van der Waals surface area contributed by atoms with E-state index in [1.165, 1.54) is 23.4 Å². The van der Waals surface area contributed by atoms with Gasteiger partial charge in [0.05, 0.1) is 31.5 Å². The van der Waals surface area contributed by atoms with Crippen molar-refractivity contribution in [1.82, 2.24) is 20.6 Å². The van der Waals surface area contributed by atoms with Gasteiger partial charge in [0.1, 0.15) is 0 Å². The first-order chi connectivity index (χ1) is 23.4. The first-order valence-corrected chi connectivity index (χ1v) is 15.5. The largest absolute Gasteiger partial charge is 0.493 e. The Balaban J connectivity index is 1.13. The molecule has 0 saturated carbocycles.